The van der Waals surface area contributed by atoms with Crippen LogP contribution in [0.5, 0.6) is 0 Å². The Morgan fingerprint density at radius 3 is 1.24 bits per heavy atom. The summed E-state index contributed by atoms with van der Waals surface area (Å²) in [5.74, 6) is 5.59. The second-order valence-corrected chi connectivity index (χ2v) is 18.5. The lowest BCUT2D eigenvalue weighted by Crippen LogP contribution is -2.17. The Hall–Kier alpha value is -0.180. The third kappa shape index (κ3) is 3.77. The molecule has 0 radical (unpaired) electrons. The van der Waals surface area contributed by atoms with Crippen LogP contribution in [-0.4, -0.2) is 22.6 Å². The van der Waals surface area contributed by atoms with Crippen molar-refractivity contribution < 1.29 is 0 Å². The topological polar surface area (TPSA) is 0 Å². The molecule has 0 unspecified atom stereocenters. The minimum atomic E-state index is -1.18. The van der Waals surface area contributed by atoms with Crippen LogP contribution < -0.4 is 0 Å². The quantitative estimate of drug-likeness (QED) is 0.464. The lowest BCUT2D eigenvalue weighted by molar-refractivity contribution is 0.974. The largest absolute Gasteiger partial charge is 0.0941 e. The summed E-state index contributed by atoms with van der Waals surface area (Å²) in [6.45, 7) is 22.2. The fraction of sp³-hybridized carbons (Fsp3) is 0.652. The molecule has 1 aliphatic heterocycles. The van der Waals surface area contributed by atoms with E-state index in [-0.39, 0.29) is 0 Å². The first-order chi connectivity index (χ1) is 11.6. The normalized spacial score (nSPS) is 20.7. The van der Waals surface area contributed by atoms with Crippen LogP contribution in [-0.2, 0) is 12.3 Å². The van der Waals surface area contributed by atoms with Crippen LogP contribution in [0.1, 0.15) is 72.1 Å². The molecule has 2 bridgehead atoms. The van der Waals surface area contributed by atoms with E-state index in [0.29, 0.717) is 0 Å². The summed E-state index contributed by atoms with van der Waals surface area (Å²) in [5.41, 5.74) is 7.84. The molecule has 0 amide bonds. The van der Waals surface area contributed by atoms with E-state index >= 15 is 0 Å². The van der Waals surface area contributed by atoms with Gasteiger partial charge in [0.25, 0.3) is 0 Å². The second-order valence-electron chi connectivity index (χ2n) is 9.18. The Morgan fingerprint density at radius 1 is 0.640 bits per heavy atom. The second kappa shape index (κ2) is 7.82. The van der Waals surface area contributed by atoms with Crippen LogP contribution in [0.15, 0.2) is 29.8 Å². The summed E-state index contributed by atoms with van der Waals surface area (Å²) < 4.78 is 0. The highest BCUT2D eigenvalue weighted by atomic mass is 31.2. The van der Waals surface area contributed by atoms with E-state index in [0.717, 1.165) is 22.6 Å². The number of rotatable bonds is 4. The monoisotopic (exact) mass is 378 g/mol. The molecular weight excluding hydrogens is 338 g/mol. The van der Waals surface area contributed by atoms with Gasteiger partial charge in [-0.1, -0.05) is 18.2 Å². The summed E-state index contributed by atoms with van der Waals surface area (Å²) in [7, 11) is -2.37. The predicted octanol–water partition coefficient (Wildman–Crippen LogP) is 8.15. The third-order valence-corrected chi connectivity index (χ3v) is 18.0. The molecule has 1 aliphatic rings. The molecular formula is C23H40P2+2. The summed E-state index contributed by atoms with van der Waals surface area (Å²) in [6.07, 6.45) is 2.57. The summed E-state index contributed by atoms with van der Waals surface area (Å²) in [4.78, 5) is 0. The van der Waals surface area contributed by atoms with Crippen molar-refractivity contribution in [2.45, 2.75) is 97.3 Å². The molecule has 0 fully saturated rings. The first-order valence-electron chi connectivity index (χ1n) is 10.1. The molecule has 0 saturated carbocycles. The Morgan fingerprint density at radius 2 is 0.960 bits per heavy atom. The first kappa shape index (κ1) is 21.1. The molecule has 2 rings (SSSR count). The van der Waals surface area contributed by atoms with Crippen molar-refractivity contribution >= 4 is 14.5 Å². The van der Waals surface area contributed by atoms with Crippen molar-refractivity contribution in [2.24, 2.45) is 0 Å². The van der Waals surface area contributed by atoms with Crippen molar-refractivity contribution in [3.8, 4) is 0 Å². The smallest absolute Gasteiger partial charge is 0.0614 e. The van der Waals surface area contributed by atoms with Crippen LogP contribution >= 0.6 is 14.5 Å². The third-order valence-electron chi connectivity index (χ3n) is 6.91. The summed E-state index contributed by atoms with van der Waals surface area (Å²) >= 11 is 0. The van der Waals surface area contributed by atoms with E-state index < -0.39 is 14.5 Å². The number of fused-ring (bicyclic) bond motifs is 2. The van der Waals surface area contributed by atoms with Gasteiger partial charge in [0, 0.05) is 0 Å². The molecule has 25 heavy (non-hydrogen) atoms. The molecule has 1 heterocycles. The molecule has 1 aromatic carbocycles. The van der Waals surface area contributed by atoms with Gasteiger partial charge in [-0.2, -0.15) is 0 Å². The van der Waals surface area contributed by atoms with E-state index in [1.54, 1.807) is 16.7 Å². The molecule has 2 heteroatoms. The molecule has 0 nitrogen and oxygen atoms in total. The van der Waals surface area contributed by atoms with Gasteiger partial charge in [0.2, 0.25) is 0 Å². The van der Waals surface area contributed by atoms with Gasteiger partial charge in [-0.3, -0.25) is 0 Å². The maximum atomic E-state index is 2.80. The summed E-state index contributed by atoms with van der Waals surface area (Å²) in [5, 5.41) is 0. The zero-order chi connectivity index (χ0) is 19.0. The van der Waals surface area contributed by atoms with Crippen LogP contribution in [0.4, 0.5) is 0 Å². The van der Waals surface area contributed by atoms with Gasteiger partial charge < -0.3 is 0 Å². The minimum absolute atomic E-state index is 0.756. The maximum Gasteiger partial charge on any atom is 0.0941 e. The molecule has 1 aromatic rings. The highest BCUT2D eigenvalue weighted by molar-refractivity contribution is 7.82. The van der Waals surface area contributed by atoms with Crippen molar-refractivity contribution in [1.29, 1.82) is 0 Å². The molecule has 0 atom stereocenters. The summed E-state index contributed by atoms with van der Waals surface area (Å²) in [6, 6.07) is 7.14. The van der Waals surface area contributed by atoms with Gasteiger partial charge in [0.1, 0.15) is 0 Å². The molecule has 0 N–H and O–H groups in total. The fourth-order valence-corrected chi connectivity index (χ4v) is 13.9. The highest BCUT2D eigenvalue weighted by Gasteiger charge is 2.49. The fourth-order valence-electron chi connectivity index (χ4n) is 4.63. The van der Waals surface area contributed by atoms with E-state index in [1.807, 2.05) is 0 Å². The molecule has 0 aliphatic carbocycles. The minimum Gasteiger partial charge on any atom is -0.0614 e. The lowest BCUT2D eigenvalue weighted by Gasteiger charge is -2.34. The number of hydrogen-bond acceptors (Lipinski definition) is 0. The molecule has 140 valence electrons. The predicted molar refractivity (Wildman–Crippen MR) is 122 cm³/mol. The SMILES string of the molecule is Cc1c2cccc1C[P+](C(C)C)(C(C)C)/C=C/[P+](C(C)C)(C(C)C)C2. The Kier molecular flexibility index (Phi) is 6.61. The Bertz CT molecular complexity index is 557. The van der Waals surface area contributed by atoms with Crippen LogP contribution in [0.2, 0.25) is 0 Å². The van der Waals surface area contributed by atoms with Gasteiger partial charge in [-0.15, -0.1) is 0 Å². The average Bonchev–Trinajstić information content (AvgIpc) is 2.54. The zero-order valence-electron chi connectivity index (χ0n) is 18.0. The molecule has 0 spiro atoms. The van der Waals surface area contributed by atoms with Crippen molar-refractivity contribution in [1.82, 2.24) is 0 Å². The van der Waals surface area contributed by atoms with Crippen LogP contribution in [0.25, 0.3) is 0 Å². The van der Waals surface area contributed by atoms with E-state index in [1.165, 1.54) is 12.3 Å². The van der Waals surface area contributed by atoms with Gasteiger partial charge in [0.05, 0.1) is 61.1 Å². The standard InChI is InChI=1S/C23H40P2/c1-17(2)24(18(3)4)13-14-25(19(5)6,20(7)8)16-23-12-10-11-22(15-24)21(23)9/h10-14,17-20H,15-16H2,1-9H3/q+2/b14-13+. The van der Waals surface area contributed by atoms with Gasteiger partial charge in [-0.05, 0) is 79.0 Å². The average molecular weight is 379 g/mol. The Labute approximate surface area is 158 Å². The van der Waals surface area contributed by atoms with E-state index in [2.05, 4.69) is 92.1 Å². The lowest BCUT2D eigenvalue weighted by atomic mass is 10.1. The van der Waals surface area contributed by atoms with Gasteiger partial charge in [-0.25, -0.2) is 0 Å². The number of hydrogen-bond donors (Lipinski definition) is 0. The molecule has 0 saturated heterocycles. The van der Waals surface area contributed by atoms with Crippen molar-refractivity contribution in [2.75, 3.05) is 0 Å². The van der Waals surface area contributed by atoms with Gasteiger partial charge in [0.15, 0.2) is 0 Å². The maximum absolute atomic E-state index is 2.80. The first-order valence-corrected chi connectivity index (χ1v) is 14.4. The van der Waals surface area contributed by atoms with Crippen LogP contribution in [0, 0.1) is 6.92 Å². The van der Waals surface area contributed by atoms with Crippen LogP contribution in [0.3, 0.4) is 0 Å². The van der Waals surface area contributed by atoms with Crippen molar-refractivity contribution in [3.63, 3.8) is 0 Å². The highest BCUT2D eigenvalue weighted by Crippen LogP contribution is 2.77. The van der Waals surface area contributed by atoms with E-state index in [9.17, 15) is 0 Å². The molecule has 0 aromatic heterocycles. The number of benzene rings is 1. The zero-order valence-corrected chi connectivity index (χ0v) is 19.8. The Balaban J connectivity index is 2.79. The van der Waals surface area contributed by atoms with E-state index in [4.69, 9.17) is 0 Å². The van der Waals surface area contributed by atoms with Gasteiger partial charge >= 0.3 is 0 Å². The van der Waals surface area contributed by atoms with Crippen molar-refractivity contribution in [3.05, 3.63) is 46.5 Å².